The second kappa shape index (κ2) is 7.02. The maximum absolute atomic E-state index is 12.3. The first-order chi connectivity index (χ1) is 12.2. The molecule has 4 nitrogen and oxygen atoms in total. The van der Waals surface area contributed by atoms with Crippen LogP contribution in [0.3, 0.4) is 0 Å². The molecule has 1 amide bonds. The average Bonchev–Trinajstić information content (AvgIpc) is 3.14. The molecule has 2 aromatic heterocycles. The highest BCUT2D eigenvalue weighted by molar-refractivity contribution is 7.13. The molecular formula is C19H18ClN3OS. The Morgan fingerprint density at radius 2 is 2.12 bits per heavy atom. The summed E-state index contributed by atoms with van der Waals surface area (Å²) in [6.07, 6.45) is 2.45. The van der Waals surface area contributed by atoms with Gasteiger partial charge in [-0.2, -0.15) is 5.10 Å². The molecule has 0 unspecified atom stereocenters. The molecule has 1 saturated carbocycles. The van der Waals surface area contributed by atoms with Crippen molar-refractivity contribution in [3.8, 4) is 10.6 Å². The van der Waals surface area contributed by atoms with E-state index in [-0.39, 0.29) is 5.91 Å². The van der Waals surface area contributed by atoms with Crippen molar-refractivity contribution in [3.05, 3.63) is 64.1 Å². The maximum atomic E-state index is 12.3. The highest BCUT2D eigenvalue weighted by atomic mass is 35.5. The van der Waals surface area contributed by atoms with E-state index in [1.54, 1.807) is 23.5 Å². The van der Waals surface area contributed by atoms with E-state index in [0.717, 1.165) is 5.69 Å². The Hall–Kier alpha value is -2.11. The van der Waals surface area contributed by atoms with Crippen LogP contribution >= 0.6 is 22.9 Å². The van der Waals surface area contributed by atoms with E-state index < -0.39 is 0 Å². The van der Waals surface area contributed by atoms with Gasteiger partial charge < -0.3 is 5.32 Å². The third-order valence-corrected chi connectivity index (χ3v) is 5.53. The molecule has 0 atom stereocenters. The first-order valence-corrected chi connectivity index (χ1v) is 9.62. The van der Waals surface area contributed by atoms with Gasteiger partial charge in [-0.05, 0) is 42.5 Å². The van der Waals surface area contributed by atoms with Crippen molar-refractivity contribution < 1.29 is 4.79 Å². The van der Waals surface area contributed by atoms with Crippen molar-refractivity contribution in [1.29, 1.82) is 0 Å². The predicted octanol–water partition coefficient (Wildman–Crippen LogP) is 4.57. The van der Waals surface area contributed by atoms with Gasteiger partial charge in [0.2, 0.25) is 0 Å². The lowest BCUT2D eigenvalue weighted by Gasteiger charge is -2.09. The first-order valence-electron chi connectivity index (χ1n) is 8.37. The molecule has 1 aliphatic carbocycles. The average molecular weight is 372 g/mol. The van der Waals surface area contributed by atoms with Crippen molar-refractivity contribution in [2.24, 2.45) is 0 Å². The molecule has 3 aromatic rings. The third-order valence-electron chi connectivity index (χ3n) is 4.31. The Labute approximate surface area is 155 Å². The molecule has 0 bridgehead atoms. The molecule has 1 aromatic carbocycles. The normalized spacial score (nSPS) is 13.8. The summed E-state index contributed by atoms with van der Waals surface area (Å²) in [4.78, 5) is 13.4. The lowest BCUT2D eigenvalue weighted by atomic mass is 10.2. The minimum atomic E-state index is -0.149. The number of nitrogens with one attached hydrogen (secondary N) is 1. The minimum absolute atomic E-state index is 0.149. The highest BCUT2D eigenvalue weighted by Gasteiger charge is 2.28. The summed E-state index contributed by atoms with van der Waals surface area (Å²) in [6, 6.07) is 13.4. The number of carbonyl (C=O) groups excluding carboxylic acids is 1. The molecule has 0 saturated heterocycles. The van der Waals surface area contributed by atoms with Crippen molar-refractivity contribution in [3.63, 3.8) is 0 Å². The van der Waals surface area contributed by atoms with E-state index in [1.807, 2.05) is 22.9 Å². The van der Waals surface area contributed by atoms with Gasteiger partial charge in [-0.15, -0.1) is 11.3 Å². The Morgan fingerprint density at radius 1 is 1.28 bits per heavy atom. The van der Waals surface area contributed by atoms with Crippen molar-refractivity contribution in [1.82, 2.24) is 15.1 Å². The van der Waals surface area contributed by atoms with Gasteiger partial charge in [-0.1, -0.05) is 29.8 Å². The summed E-state index contributed by atoms with van der Waals surface area (Å²) in [5.41, 5.74) is 2.80. The standard InChI is InChI=1S/C19H18ClN3OS/c20-15-5-2-1-4-14(15)19(24)21-9-10-23-17(13-7-8-13)12-16(22-23)18-6-3-11-25-18/h1-6,11-13H,7-10H2,(H,21,24). The quantitative estimate of drug-likeness (QED) is 0.689. The number of thiophene rings is 1. The van der Waals surface area contributed by atoms with Crippen molar-refractivity contribution in [2.45, 2.75) is 25.3 Å². The van der Waals surface area contributed by atoms with Crippen LogP contribution in [-0.4, -0.2) is 22.2 Å². The summed E-state index contributed by atoms with van der Waals surface area (Å²) < 4.78 is 2.04. The number of carbonyl (C=O) groups is 1. The number of halogens is 1. The van der Waals surface area contributed by atoms with Crippen LogP contribution in [0.15, 0.2) is 47.8 Å². The van der Waals surface area contributed by atoms with Gasteiger partial charge in [0.05, 0.1) is 22.0 Å². The monoisotopic (exact) mass is 371 g/mol. The van der Waals surface area contributed by atoms with E-state index in [4.69, 9.17) is 16.7 Å². The number of amides is 1. The predicted molar refractivity (Wildman–Crippen MR) is 101 cm³/mol. The van der Waals surface area contributed by atoms with Gasteiger partial charge in [0, 0.05) is 18.2 Å². The maximum Gasteiger partial charge on any atom is 0.252 e. The van der Waals surface area contributed by atoms with Crippen LogP contribution < -0.4 is 5.32 Å². The Morgan fingerprint density at radius 3 is 2.84 bits per heavy atom. The van der Waals surface area contributed by atoms with Crippen molar-refractivity contribution >= 4 is 28.8 Å². The Bertz CT molecular complexity index is 884. The fourth-order valence-corrected chi connectivity index (χ4v) is 3.78. The van der Waals surface area contributed by atoms with Gasteiger partial charge in [0.25, 0.3) is 5.91 Å². The minimum Gasteiger partial charge on any atom is -0.350 e. The Balaban J connectivity index is 1.44. The highest BCUT2D eigenvalue weighted by Crippen LogP contribution is 2.41. The van der Waals surface area contributed by atoms with Crippen LogP contribution in [0.1, 0.15) is 34.8 Å². The third kappa shape index (κ3) is 3.62. The zero-order valence-corrected chi connectivity index (χ0v) is 15.2. The molecular weight excluding hydrogens is 354 g/mol. The second-order valence-electron chi connectivity index (χ2n) is 6.16. The van der Waals surface area contributed by atoms with E-state index in [9.17, 15) is 4.79 Å². The summed E-state index contributed by atoms with van der Waals surface area (Å²) in [5.74, 6) is 0.463. The zero-order chi connectivity index (χ0) is 17.2. The molecule has 1 fully saturated rings. The summed E-state index contributed by atoms with van der Waals surface area (Å²) in [6.45, 7) is 1.18. The fraction of sp³-hybridized carbons (Fsp3) is 0.263. The molecule has 128 valence electrons. The molecule has 6 heteroatoms. The van der Waals surface area contributed by atoms with Crippen LogP contribution in [0.2, 0.25) is 5.02 Å². The van der Waals surface area contributed by atoms with Crippen LogP contribution in [0.4, 0.5) is 0 Å². The SMILES string of the molecule is O=C(NCCn1nc(-c2cccs2)cc1C1CC1)c1ccccc1Cl. The number of aromatic nitrogens is 2. The van der Waals surface area contributed by atoms with E-state index in [0.29, 0.717) is 29.6 Å². The number of hydrogen-bond acceptors (Lipinski definition) is 3. The fourth-order valence-electron chi connectivity index (χ4n) is 2.88. The molecule has 1 aliphatic rings. The number of hydrogen-bond donors (Lipinski definition) is 1. The summed E-state index contributed by atoms with van der Waals surface area (Å²) in [5, 5.41) is 10.2. The summed E-state index contributed by atoms with van der Waals surface area (Å²) in [7, 11) is 0. The lowest BCUT2D eigenvalue weighted by molar-refractivity contribution is 0.0952. The topological polar surface area (TPSA) is 46.9 Å². The summed E-state index contributed by atoms with van der Waals surface area (Å²) >= 11 is 7.77. The largest absolute Gasteiger partial charge is 0.350 e. The molecule has 0 spiro atoms. The second-order valence-corrected chi connectivity index (χ2v) is 7.52. The van der Waals surface area contributed by atoms with Crippen molar-refractivity contribution in [2.75, 3.05) is 6.54 Å². The number of nitrogens with zero attached hydrogens (tertiary/aromatic N) is 2. The van der Waals surface area contributed by atoms with Crippen LogP contribution in [-0.2, 0) is 6.54 Å². The Kier molecular flexibility index (Phi) is 4.59. The van der Waals surface area contributed by atoms with Gasteiger partial charge >= 0.3 is 0 Å². The smallest absolute Gasteiger partial charge is 0.252 e. The molecule has 0 radical (unpaired) electrons. The van der Waals surface area contributed by atoms with Gasteiger partial charge in [0.1, 0.15) is 5.69 Å². The van der Waals surface area contributed by atoms with Crippen LogP contribution in [0.25, 0.3) is 10.6 Å². The van der Waals surface area contributed by atoms with Gasteiger partial charge in [-0.3, -0.25) is 9.48 Å². The molecule has 1 N–H and O–H groups in total. The van der Waals surface area contributed by atoms with Crippen LogP contribution in [0, 0.1) is 0 Å². The van der Waals surface area contributed by atoms with Crippen LogP contribution in [0.5, 0.6) is 0 Å². The van der Waals surface area contributed by atoms with Gasteiger partial charge in [0.15, 0.2) is 0 Å². The van der Waals surface area contributed by atoms with E-state index >= 15 is 0 Å². The lowest BCUT2D eigenvalue weighted by Crippen LogP contribution is -2.28. The van der Waals surface area contributed by atoms with E-state index in [1.165, 1.54) is 23.4 Å². The molecule has 2 heterocycles. The number of benzene rings is 1. The van der Waals surface area contributed by atoms with E-state index in [2.05, 4.69) is 22.8 Å². The molecule has 4 rings (SSSR count). The van der Waals surface area contributed by atoms with Gasteiger partial charge in [-0.25, -0.2) is 0 Å². The zero-order valence-electron chi connectivity index (χ0n) is 13.6. The molecule has 0 aliphatic heterocycles. The molecule has 25 heavy (non-hydrogen) atoms. The first kappa shape index (κ1) is 16.4. The number of rotatable bonds is 6.